The van der Waals surface area contributed by atoms with Gasteiger partial charge < -0.3 is 19.6 Å². The molecule has 3 heterocycles. The highest BCUT2D eigenvalue weighted by Gasteiger charge is 2.23. The zero-order valence-corrected chi connectivity index (χ0v) is 18.2. The molecule has 2 aromatic heterocycles. The summed E-state index contributed by atoms with van der Waals surface area (Å²) in [5, 5.41) is 14.3. The van der Waals surface area contributed by atoms with Crippen molar-refractivity contribution >= 4 is 29.3 Å². The van der Waals surface area contributed by atoms with Gasteiger partial charge in [0.1, 0.15) is 11.9 Å². The fraction of sp³-hybridized carbons (Fsp3) is 0.364. The number of nitrogens with zero attached hydrogens (tertiary/aromatic N) is 3. The van der Waals surface area contributed by atoms with Gasteiger partial charge in [-0.15, -0.1) is 10.2 Å². The van der Waals surface area contributed by atoms with Crippen molar-refractivity contribution in [2.24, 2.45) is 0 Å². The average molecular weight is 440 g/mol. The quantitative estimate of drug-likeness (QED) is 0.558. The largest absolute Gasteiger partial charge is 0.459 e. The van der Waals surface area contributed by atoms with Crippen LogP contribution < -0.4 is 10.6 Å². The molecule has 0 aliphatic carbocycles. The Bertz CT molecular complexity index is 1030. The third kappa shape index (κ3) is 4.99. The molecule has 0 bridgehead atoms. The molecule has 9 heteroatoms. The molecule has 8 nitrogen and oxygen atoms in total. The Kier molecular flexibility index (Phi) is 6.71. The molecule has 0 radical (unpaired) electrons. The van der Waals surface area contributed by atoms with Gasteiger partial charge in [0, 0.05) is 24.2 Å². The number of hydrogen-bond donors (Lipinski definition) is 2. The van der Waals surface area contributed by atoms with Crippen LogP contribution in [0.2, 0.25) is 0 Å². The lowest BCUT2D eigenvalue weighted by Gasteiger charge is -2.18. The van der Waals surface area contributed by atoms with E-state index in [1.807, 2.05) is 30.5 Å². The number of nitrogens with one attached hydrogen (secondary N) is 2. The zero-order valence-electron chi connectivity index (χ0n) is 17.3. The number of benzene rings is 1. The number of amides is 2. The van der Waals surface area contributed by atoms with Crippen molar-refractivity contribution in [1.82, 2.24) is 20.1 Å². The highest BCUT2D eigenvalue weighted by molar-refractivity contribution is 7.98. The molecular weight excluding hydrogens is 414 g/mol. The maximum atomic E-state index is 12.8. The van der Waals surface area contributed by atoms with E-state index in [0.717, 1.165) is 48.8 Å². The van der Waals surface area contributed by atoms with E-state index in [4.69, 9.17) is 4.42 Å². The first-order valence-corrected chi connectivity index (χ1v) is 11.7. The Balaban J connectivity index is 1.43. The lowest BCUT2D eigenvalue weighted by Crippen LogP contribution is -2.44. The molecule has 1 aliphatic heterocycles. The lowest BCUT2D eigenvalue weighted by atomic mass is 10.1. The Morgan fingerprint density at radius 3 is 2.77 bits per heavy atom. The van der Waals surface area contributed by atoms with Gasteiger partial charge in [-0.05, 0) is 67.7 Å². The van der Waals surface area contributed by atoms with E-state index >= 15 is 0 Å². The Morgan fingerprint density at radius 1 is 1.19 bits per heavy atom. The minimum atomic E-state index is -0.659. The van der Waals surface area contributed by atoms with Crippen LogP contribution in [0, 0.1) is 0 Å². The average Bonchev–Trinajstić information content (AvgIpc) is 3.47. The molecule has 31 heavy (non-hydrogen) atoms. The van der Waals surface area contributed by atoms with Crippen molar-refractivity contribution in [2.45, 2.75) is 38.3 Å². The second kappa shape index (κ2) is 9.82. The van der Waals surface area contributed by atoms with Gasteiger partial charge in [-0.3, -0.25) is 9.59 Å². The van der Waals surface area contributed by atoms with Gasteiger partial charge in [0.2, 0.25) is 5.91 Å². The minimum absolute atomic E-state index is 0.183. The molecule has 1 unspecified atom stereocenters. The number of carbonyl (C=O) groups is 2. The monoisotopic (exact) mass is 439 g/mol. The Labute approximate surface area is 184 Å². The summed E-state index contributed by atoms with van der Waals surface area (Å²) >= 11 is 1.62. The molecule has 0 spiro atoms. The second-order valence-electron chi connectivity index (χ2n) is 7.40. The van der Waals surface area contributed by atoms with Crippen molar-refractivity contribution in [2.75, 3.05) is 17.3 Å². The van der Waals surface area contributed by atoms with Gasteiger partial charge in [0.25, 0.3) is 5.91 Å². The van der Waals surface area contributed by atoms with E-state index in [9.17, 15) is 9.59 Å². The number of fused-ring (bicyclic) bond motifs is 1. The van der Waals surface area contributed by atoms with Crippen molar-refractivity contribution in [3.63, 3.8) is 0 Å². The number of aryl methyl sites for hydroxylation is 1. The SMILES string of the molecule is CSCCC(NC(=O)c1ccco1)C(=O)Nc1ccc(-c2nnc3n2CCCC3)cc1. The number of hydrogen-bond acceptors (Lipinski definition) is 6. The molecule has 4 rings (SSSR count). The van der Waals surface area contributed by atoms with Gasteiger partial charge >= 0.3 is 0 Å². The summed E-state index contributed by atoms with van der Waals surface area (Å²) in [6.07, 6.45) is 7.15. The van der Waals surface area contributed by atoms with Crippen LogP contribution >= 0.6 is 11.8 Å². The molecule has 0 fully saturated rings. The number of thioether (sulfide) groups is 1. The number of carbonyl (C=O) groups excluding carboxylic acids is 2. The molecular formula is C22H25N5O3S. The van der Waals surface area contributed by atoms with Gasteiger partial charge in [-0.25, -0.2) is 0 Å². The predicted molar refractivity (Wildman–Crippen MR) is 120 cm³/mol. The van der Waals surface area contributed by atoms with Gasteiger partial charge in [-0.1, -0.05) is 0 Å². The van der Waals surface area contributed by atoms with E-state index in [0.29, 0.717) is 12.1 Å². The molecule has 1 aliphatic rings. The van der Waals surface area contributed by atoms with Gasteiger partial charge in [0.05, 0.1) is 6.26 Å². The van der Waals surface area contributed by atoms with E-state index in [1.165, 1.54) is 6.26 Å². The number of anilines is 1. The minimum Gasteiger partial charge on any atom is -0.459 e. The molecule has 162 valence electrons. The molecule has 2 N–H and O–H groups in total. The molecule has 1 aromatic carbocycles. The smallest absolute Gasteiger partial charge is 0.287 e. The van der Waals surface area contributed by atoms with Crippen molar-refractivity contribution in [3.05, 3.63) is 54.2 Å². The summed E-state index contributed by atoms with van der Waals surface area (Å²) in [5.41, 5.74) is 1.62. The fourth-order valence-corrected chi connectivity index (χ4v) is 4.07. The topological polar surface area (TPSA) is 102 Å². The molecule has 2 amide bonds. The van der Waals surface area contributed by atoms with Crippen LogP contribution in [-0.4, -0.2) is 44.6 Å². The summed E-state index contributed by atoms with van der Waals surface area (Å²) < 4.78 is 7.29. The number of rotatable bonds is 8. The van der Waals surface area contributed by atoms with E-state index < -0.39 is 11.9 Å². The summed E-state index contributed by atoms with van der Waals surface area (Å²) in [5.74, 6) is 2.15. The predicted octanol–water partition coefficient (Wildman–Crippen LogP) is 3.36. The molecule has 0 saturated heterocycles. The van der Waals surface area contributed by atoms with E-state index in [-0.39, 0.29) is 11.7 Å². The fourth-order valence-electron chi connectivity index (χ4n) is 3.60. The van der Waals surface area contributed by atoms with Crippen LogP contribution in [0.3, 0.4) is 0 Å². The third-order valence-electron chi connectivity index (χ3n) is 5.25. The van der Waals surface area contributed by atoms with Crippen LogP contribution in [0.5, 0.6) is 0 Å². The third-order valence-corrected chi connectivity index (χ3v) is 5.89. The number of furan rings is 1. The van der Waals surface area contributed by atoms with Crippen molar-refractivity contribution in [1.29, 1.82) is 0 Å². The first-order chi connectivity index (χ1) is 15.2. The summed E-state index contributed by atoms with van der Waals surface area (Å²) in [6.45, 7) is 0.933. The lowest BCUT2D eigenvalue weighted by molar-refractivity contribution is -0.118. The first-order valence-electron chi connectivity index (χ1n) is 10.3. The van der Waals surface area contributed by atoms with Crippen LogP contribution in [0.15, 0.2) is 47.1 Å². The van der Waals surface area contributed by atoms with Crippen LogP contribution in [-0.2, 0) is 17.8 Å². The Hall–Kier alpha value is -3.07. The van der Waals surface area contributed by atoms with Crippen LogP contribution in [0.1, 0.15) is 35.6 Å². The summed E-state index contributed by atoms with van der Waals surface area (Å²) in [4.78, 5) is 25.2. The standard InChI is InChI=1S/C22H25N5O3S/c1-31-14-11-17(24-22(29)18-5-4-13-30-18)21(28)23-16-9-7-15(8-10-16)20-26-25-19-6-2-3-12-27(19)20/h4-5,7-10,13,17H,2-3,6,11-12,14H2,1H3,(H,23,28)(H,24,29). The summed E-state index contributed by atoms with van der Waals surface area (Å²) in [7, 11) is 0. The van der Waals surface area contributed by atoms with Crippen molar-refractivity contribution in [3.8, 4) is 11.4 Å². The van der Waals surface area contributed by atoms with Gasteiger partial charge in [-0.2, -0.15) is 11.8 Å². The maximum Gasteiger partial charge on any atom is 0.287 e. The van der Waals surface area contributed by atoms with Crippen LogP contribution in [0.25, 0.3) is 11.4 Å². The highest BCUT2D eigenvalue weighted by Crippen LogP contribution is 2.24. The van der Waals surface area contributed by atoms with Crippen LogP contribution in [0.4, 0.5) is 5.69 Å². The summed E-state index contributed by atoms with van der Waals surface area (Å²) in [6, 6.07) is 10.1. The normalized spacial score (nSPS) is 14.0. The van der Waals surface area contributed by atoms with E-state index in [2.05, 4.69) is 25.4 Å². The second-order valence-corrected chi connectivity index (χ2v) is 8.39. The number of aromatic nitrogens is 3. The first kappa shape index (κ1) is 21.2. The zero-order chi connectivity index (χ0) is 21.6. The van der Waals surface area contributed by atoms with Gasteiger partial charge in [0.15, 0.2) is 11.6 Å². The molecule has 1 atom stereocenters. The molecule has 3 aromatic rings. The van der Waals surface area contributed by atoms with Crippen molar-refractivity contribution < 1.29 is 14.0 Å². The Morgan fingerprint density at radius 2 is 2.03 bits per heavy atom. The van der Waals surface area contributed by atoms with E-state index in [1.54, 1.807) is 23.9 Å². The maximum absolute atomic E-state index is 12.8. The molecule has 0 saturated carbocycles. The highest BCUT2D eigenvalue weighted by atomic mass is 32.2.